The number of nitrogens with one attached hydrogen (secondary N) is 3. The van der Waals surface area contributed by atoms with Crippen molar-refractivity contribution in [3.63, 3.8) is 0 Å². The molecule has 0 unspecified atom stereocenters. The van der Waals surface area contributed by atoms with E-state index in [1.807, 2.05) is 0 Å². The van der Waals surface area contributed by atoms with E-state index in [0.29, 0.717) is 17.8 Å². The molecule has 87 heavy (non-hydrogen) atoms. The van der Waals surface area contributed by atoms with Gasteiger partial charge in [-0.25, -0.2) is 0 Å². The zero-order chi connectivity index (χ0) is 62.5. The molecule has 0 radical (unpaired) electrons. The minimum absolute atomic E-state index is 0.717. The van der Waals surface area contributed by atoms with Crippen LogP contribution in [0.3, 0.4) is 0 Å². The summed E-state index contributed by atoms with van der Waals surface area (Å²) in [5.74, 6) is 2.15. The summed E-state index contributed by atoms with van der Waals surface area (Å²) in [7, 11) is 0. The summed E-state index contributed by atoms with van der Waals surface area (Å²) >= 11 is 0. The molecule has 0 atom stereocenters. The number of unbranched alkanes of at least 4 members (excludes halogenated alkanes) is 48. The Balaban J connectivity index is 3.07. The average molecular weight is 1220 g/mol. The summed E-state index contributed by atoms with van der Waals surface area (Å²) < 4.78 is 0. The largest absolute Gasteiger partial charge is 0.354 e. The first-order valence-electron chi connectivity index (χ1n) is 40.2. The number of nitrogens with zero attached hydrogens (tertiary/aromatic N) is 6. The molecule has 1 aromatic rings. The van der Waals surface area contributed by atoms with Gasteiger partial charge in [0.25, 0.3) is 0 Å². The van der Waals surface area contributed by atoms with Crippen molar-refractivity contribution in [3.05, 3.63) is 0 Å². The second kappa shape index (κ2) is 70.2. The molecule has 0 fully saturated rings. The first-order chi connectivity index (χ1) is 43.1. The summed E-state index contributed by atoms with van der Waals surface area (Å²) in [5, 5.41) is 11.2. The topological polar surface area (TPSA) is 84.5 Å². The Morgan fingerprint density at radius 2 is 0.299 bits per heavy atom. The Kier molecular flexibility index (Phi) is 67.2. The molecule has 1 aromatic heterocycles. The highest BCUT2D eigenvalue weighted by Crippen LogP contribution is 2.18. The van der Waals surface area contributed by atoms with Gasteiger partial charge in [0.05, 0.1) is 0 Å². The maximum absolute atomic E-state index is 5.06. The van der Waals surface area contributed by atoms with Crippen molar-refractivity contribution in [1.29, 1.82) is 0 Å². The van der Waals surface area contributed by atoms with Crippen molar-refractivity contribution in [1.82, 2.24) is 29.7 Å². The third-order valence-electron chi connectivity index (χ3n) is 18.9. The molecular formula is C78H159N9. The lowest BCUT2D eigenvalue weighted by molar-refractivity contribution is 0.259. The van der Waals surface area contributed by atoms with E-state index in [1.54, 1.807) is 0 Å². The molecule has 0 bridgehead atoms. The molecule has 1 heterocycles. The van der Waals surface area contributed by atoms with E-state index in [9.17, 15) is 0 Å². The third-order valence-corrected chi connectivity index (χ3v) is 18.9. The molecule has 0 saturated carbocycles. The lowest BCUT2D eigenvalue weighted by Gasteiger charge is -2.23. The SMILES string of the molecule is CCCCCCCCCCCN(CCCCCCCCCCC)CCCNc1nc(NCCCN(CCCCCCCCCCC)CCCCCCCCCCC)nc(NCCCN(CCCCCCCCCCC)CCCCCCCCCCC)n1. The number of hydrogen-bond acceptors (Lipinski definition) is 9. The Labute approximate surface area is 546 Å². The summed E-state index contributed by atoms with van der Waals surface area (Å²) in [6.07, 6.45) is 78.7. The van der Waals surface area contributed by atoms with Gasteiger partial charge in [-0.2, -0.15) is 15.0 Å². The third kappa shape index (κ3) is 60.3. The molecule has 0 aliphatic rings. The number of hydrogen-bond donors (Lipinski definition) is 3. The summed E-state index contributed by atoms with van der Waals surface area (Å²) in [5.41, 5.74) is 0. The molecule has 516 valence electrons. The van der Waals surface area contributed by atoms with E-state index >= 15 is 0 Å². The quantitative estimate of drug-likeness (QED) is 0.0552. The summed E-state index contributed by atoms with van der Waals surface area (Å²) in [6, 6.07) is 0. The zero-order valence-electron chi connectivity index (χ0n) is 60.5. The van der Waals surface area contributed by atoms with Crippen molar-refractivity contribution in [2.75, 3.05) is 94.5 Å². The van der Waals surface area contributed by atoms with Crippen molar-refractivity contribution in [2.24, 2.45) is 0 Å². The van der Waals surface area contributed by atoms with Crippen LogP contribution in [0.25, 0.3) is 0 Å². The van der Waals surface area contributed by atoms with E-state index in [4.69, 9.17) is 15.0 Å². The Morgan fingerprint density at radius 1 is 0.172 bits per heavy atom. The molecule has 0 saturated heterocycles. The monoisotopic (exact) mass is 1220 g/mol. The summed E-state index contributed by atoms with van der Waals surface area (Å²) in [6.45, 7) is 27.5. The Hall–Kier alpha value is -1.71. The highest BCUT2D eigenvalue weighted by Gasteiger charge is 2.12. The lowest BCUT2D eigenvalue weighted by atomic mass is 10.1. The maximum atomic E-state index is 5.06. The smallest absolute Gasteiger partial charge is 0.229 e. The van der Waals surface area contributed by atoms with Crippen LogP contribution in [0.2, 0.25) is 0 Å². The standard InChI is InChI=1S/C78H159N9/c1-7-13-19-25-31-37-43-49-55-67-85(68-56-50-44-38-32-26-20-14-8-2)73-61-64-79-76-82-77(80-65-62-74-86(69-57-51-45-39-33-27-21-15-9-3)70-58-52-46-40-34-28-22-16-10-4)84-78(83-76)81-66-63-75-87(71-59-53-47-41-35-29-23-17-11-5)72-60-54-48-42-36-30-24-18-12-6/h7-75H2,1-6H3,(H3,79,80,81,82,83,84). The molecule has 0 aliphatic heterocycles. The first kappa shape index (κ1) is 83.3. The van der Waals surface area contributed by atoms with Crippen molar-refractivity contribution in [3.8, 4) is 0 Å². The molecule has 9 nitrogen and oxygen atoms in total. The van der Waals surface area contributed by atoms with Crippen LogP contribution in [0.1, 0.15) is 408 Å². The molecule has 3 N–H and O–H groups in total. The van der Waals surface area contributed by atoms with Gasteiger partial charge < -0.3 is 30.7 Å². The molecule has 0 aliphatic carbocycles. The molecule has 0 spiro atoms. The van der Waals surface area contributed by atoms with E-state index in [2.05, 4.69) is 72.2 Å². The molecule has 9 heteroatoms. The average Bonchev–Trinajstić information content (AvgIpc) is 3.70. The number of anilines is 3. The van der Waals surface area contributed by atoms with Crippen LogP contribution < -0.4 is 16.0 Å². The second-order valence-corrected chi connectivity index (χ2v) is 27.6. The minimum Gasteiger partial charge on any atom is -0.354 e. The Bertz CT molecular complexity index is 1200. The van der Waals surface area contributed by atoms with Gasteiger partial charge in [-0.05, 0) is 117 Å². The highest BCUT2D eigenvalue weighted by molar-refractivity contribution is 5.42. The Morgan fingerprint density at radius 3 is 0.448 bits per heavy atom. The van der Waals surface area contributed by atoms with Gasteiger partial charge in [-0.3, -0.25) is 0 Å². The van der Waals surface area contributed by atoms with E-state index in [1.165, 1.54) is 386 Å². The van der Waals surface area contributed by atoms with Gasteiger partial charge >= 0.3 is 0 Å². The predicted octanol–water partition coefficient (Wildman–Crippen LogP) is 24.4. The summed E-state index contributed by atoms with van der Waals surface area (Å²) in [4.78, 5) is 23.5. The van der Waals surface area contributed by atoms with E-state index in [0.717, 1.165) is 58.5 Å². The van der Waals surface area contributed by atoms with Crippen LogP contribution >= 0.6 is 0 Å². The minimum atomic E-state index is 0.717. The zero-order valence-corrected chi connectivity index (χ0v) is 60.5. The van der Waals surface area contributed by atoms with Gasteiger partial charge in [-0.1, -0.05) is 350 Å². The predicted molar refractivity (Wildman–Crippen MR) is 392 cm³/mol. The fraction of sp³-hybridized carbons (Fsp3) is 0.962. The second-order valence-electron chi connectivity index (χ2n) is 27.6. The van der Waals surface area contributed by atoms with Gasteiger partial charge in [-0.15, -0.1) is 0 Å². The highest BCUT2D eigenvalue weighted by atomic mass is 15.3. The molecular weight excluding hydrogens is 1060 g/mol. The maximum Gasteiger partial charge on any atom is 0.229 e. The molecule has 0 aromatic carbocycles. The van der Waals surface area contributed by atoms with Gasteiger partial charge in [0, 0.05) is 19.6 Å². The van der Waals surface area contributed by atoms with Gasteiger partial charge in [0.15, 0.2) is 0 Å². The number of aromatic nitrogens is 3. The normalized spacial score (nSPS) is 11.8. The fourth-order valence-electron chi connectivity index (χ4n) is 13.0. The lowest BCUT2D eigenvalue weighted by Crippen LogP contribution is -2.29. The molecule has 1 rings (SSSR count). The van der Waals surface area contributed by atoms with E-state index in [-0.39, 0.29) is 0 Å². The van der Waals surface area contributed by atoms with Gasteiger partial charge in [0.2, 0.25) is 17.8 Å². The number of rotatable bonds is 75. The van der Waals surface area contributed by atoms with Crippen molar-refractivity contribution < 1.29 is 0 Å². The first-order valence-corrected chi connectivity index (χ1v) is 40.2. The van der Waals surface area contributed by atoms with Crippen LogP contribution in [-0.4, -0.2) is 108 Å². The fourth-order valence-corrected chi connectivity index (χ4v) is 13.0. The van der Waals surface area contributed by atoms with E-state index < -0.39 is 0 Å². The van der Waals surface area contributed by atoms with Gasteiger partial charge in [0.1, 0.15) is 0 Å². The molecule has 0 amide bonds. The van der Waals surface area contributed by atoms with Crippen LogP contribution in [0, 0.1) is 0 Å². The van der Waals surface area contributed by atoms with Crippen molar-refractivity contribution >= 4 is 17.8 Å². The van der Waals surface area contributed by atoms with Crippen molar-refractivity contribution in [2.45, 2.75) is 408 Å². The van der Waals surface area contributed by atoms with Crippen LogP contribution in [-0.2, 0) is 0 Å². The van der Waals surface area contributed by atoms with Crippen LogP contribution in [0.15, 0.2) is 0 Å². The van der Waals surface area contributed by atoms with Crippen LogP contribution in [0.5, 0.6) is 0 Å². The van der Waals surface area contributed by atoms with Crippen LogP contribution in [0.4, 0.5) is 17.8 Å².